The number of aryl methyl sites for hydroxylation is 1. The summed E-state index contributed by atoms with van der Waals surface area (Å²) >= 11 is 0. The van der Waals surface area contributed by atoms with Crippen LogP contribution in [0.3, 0.4) is 0 Å². The number of pyridine rings is 1. The molecule has 2 amide bonds. The summed E-state index contributed by atoms with van der Waals surface area (Å²) in [4.78, 5) is 28.3. The van der Waals surface area contributed by atoms with Gasteiger partial charge in [-0.05, 0) is 37.6 Å². The van der Waals surface area contributed by atoms with Crippen molar-refractivity contribution in [1.82, 2.24) is 24.8 Å². The zero-order valence-corrected chi connectivity index (χ0v) is 21.0. The van der Waals surface area contributed by atoms with E-state index in [4.69, 9.17) is 15.4 Å². The molecule has 0 aliphatic carbocycles. The number of nitrogens with zero attached hydrogens (tertiary/aromatic N) is 5. The lowest BCUT2D eigenvalue weighted by atomic mass is 10.0. The summed E-state index contributed by atoms with van der Waals surface area (Å²) in [6, 6.07) is 12.7. The fraction of sp³-hybridized carbons (Fsp3) is 0.269. The van der Waals surface area contributed by atoms with Crippen LogP contribution in [0.4, 0.5) is 13.2 Å². The van der Waals surface area contributed by atoms with Gasteiger partial charge in [-0.25, -0.2) is 4.98 Å². The molecule has 39 heavy (non-hydrogen) atoms. The highest BCUT2D eigenvalue weighted by atomic mass is 19.4. The highest BCUT2D eigenvalue weighted by Crippen LogP contribution is 2.34. The largest absolute Gasteiger partial charge is 0.435 e. The number of likely N-dealkylation sites (tertiary alicyclic amines) is 1. The predicted octanol–water partition coefficient (Wildman–Crippen LogP) is 3.61. The molecule has 1 atom stereocenters. The van der Waals surface area contributed by atoms with Crippen molar-refractivity contribution in [3.8, 4) is 33.8 Å². The fourth-order valence-electron chi connectivity index (χ4n) is 3.98. The second-order valence-corrected chi connectivity index (χ2v) is 8.75. The van der Waals surface area contributed by atoms with E-state index >= 15 is 0 Å². The van der Waals surface area contributed by atoms with E-state index in [2.05, 4.69) is 15.2 Å². The molecule has 204 valence electrons. The average molecular weight is 543 g/mol. The van der Waals surface area contributed by atoms with Crippen molar-refractivity contribution in [3.05, 3.63) is 66.2 Å². The molecule has 1 aliphatic heterocycles. The van der Waals surface area contributed by atoms with Crippen molar-refractivity contribution in [2.45, 2.75) is 32.2 Å². The van der Waals surface area contributed by atoms with Crippen LogP contribution in [0.2, 0.25) is 0 Å². The van der Waals surface area contributed by atoms with Gasteiger partial charge in [0, 0.05) is 42.9 Å². The van der Waals surface area contributed by atoms with E-state index in [0.29, 0.717) is 35.5 Å². The Hall–Kier alpha value is -4.52. The number of aromatic nitrogens is 4. The van der Waals surface area contributed by atoms with Gasteiger partial charge in [-0.2, -0.15) is 18.3 Å². The summed E-state index contributed by atoms with van der Waals surface area (Å²) in [6.07, 6.45) is -3.28. The fourth-order valence-corrected chi connectivity index (χ4v) is 3.98. The number of benzene rings is 1. The van der Waals surface area contributed by atoms with E-state index in [1.54, 1.807) is 44.3 Å². The van der Waals surface area contributed by atoms with Crippen LogP contribution < -0.4 is 5.73 Å². The van der Waals surface area contributed by atoms with Crippen molar-refractivity contribution in [1.29, 1.82) is 0 Å². The first-order valence-electron chi connectivity index (χ1n) is 11.9. The zero-order valence-electron chi connectivity index (χ0n) is 21.0. The number of alkyl halides is 3. The molecule has 1 unspecified atom stereocenters. The lowest BCUT2D eigenvalue weighted by Gasteiger charge is -2.10. The molecule has 0 saturated carbocycles. The lowest BCUT2D eigenvalue weighted by Crippen LogP contribution is -2.24. The highest BCUT2D eigenvalue weighted by molar-refractivity contribution is 5.93. The molecule has 1 aliphatic rings. The zero-order chi connectivity index (χ0) is 28.3. The summed E-state index contributed by atoms with van der Waals surface area (Å²) in [5, 5.41) is 16.3. The maximum Gasteiger partial charge on any atom is 0.435 e. The predicted molar refractivity (Wildman–Crippen MR) is 134 cm³/mol. The van der Waals surface area contributed by atoms with E-state index in [-0.39, 0.29) is 23.8 Å². The minimum Gasteiger partial charge on any atom is -0.383 e. The van der Waals surface area contributed by atoms with Crippen molar-refractivity contribution in [3.63, 3.8) is 0 Å². The Morgan fingerprint density at radius 2 is 1.85 bits per heavy atom. The Morgan fingerprint density at radius 3 is 2.36 bits per heavy atom. The Bertz CT molecular complexity index is 1470. The molecule has 5 rings (SSSR count). The topological polar surface area (TPSA) is 140 Å². The first-order valence-corrected chi connectivity index (χ1v) is 11.9. The molecule has 10 nitrogen and oxygen atoms in total. The van der Waals surface area contributed by atoms with Crippen LogP contribution in [0.25, 0.3) is 33.8 Å². The van der Waals surface area contributed by atoms with Gasteiger partial charge in [0.2, 0.25) is 0 Å². The van der Waals surface area contributed by atoms with Gasteiger partial charge in [0.05, 0.1) is 11.4 Å². The van der Waals surface area contributed by atoms with Gasteiger partial charge < -0.3 is 20.3 Å². The number of hydrogen-bond donors (Lipinski definition) is 2. The van der Waals surface area contributed by atoms with Gasteiger partial charge in [-0.15, -0.1) is 0 Å². The molecule has 4 heterocycles. The molecule has 13 heteroatoms. The maximum absolute atomic E-state index is 13.2. The third kappa shape index (κ3) is 6.14. The lowest BCUT2D eigenvalue weighted by molar-refractivity contribution is -0.141. The Kier molecular flexibility index (Phi) is 7.81. The van der Waals surface area contributed by atoms with Gasteiger partial charge in [-0.3, -0.25) is 14.3 Å². The summed E-state index contributed by atoms with van der Waals surface area (Å²) < 4.78 is 45.7. The molecule has 4 aromatic rings. The van der Waals surface area contributed by atoms with Gasteiger partial charge in [0.25, 0.3) is 11.8 Å². The Labute approximate surface area is 220 Å². The third-order valence-corrected chi connectivity index (χ3v) is 6.03. The normalized spacial score (nSPS) is 15.3. The summed E-state index contributed by atoms with van der Waals surface area (Å²) in [5.41, 5.74) is 7.24. The summed E-state index contributed by atoms with van der Waals surface area (Å²) in [7, 11) is 1.69. The quantitative estimate of drug-likeness (QED) is 0.393. The number of rotatable bonds is 5. The van der Waals surface area contributed by atoms with Crippen LogP contribution in [0.15, 0.2) is 59.3 Å². The SMILES string of the molecule is CCn1nc(C(F)(F)F)cc1-c1cc(C(N)=O)nc(-c2cccc(-c3ccon3)c2)c1.CN1CCC(O)C1=O. The monoisotopic (exact) mass is 542 g/mol. The average Bonchev–Trinajstić information content (AvgIpc) is 3.67. The maximum atomic E-state index is 13.2. The first kappa shape index (κ1) is 27.5. The number of carbonyl (C=O) groups excluding carboxylic acids is 2. The van der Waals surface area contributed by atoms with E-state index in [9.17, 15) is 22.8 Å². The number of aliphatic hydroxyl groups is 1. The minimum atomic E-state index is -4.59. The number of primary amides is 1. The molecular weight excluding hydrogens is 517 g/mol. The molecule has 1 saturated heterocycles. The van der Waals surface area contributed by atoms with Gasteiger partial charge >= 0.3 is 6.18 Å². The van der Waals surface area contributed by atoms with Crippen molar-refractivity contribution >= 4 is 11.8 Å². The van der Waals surface area contributed by atoms with Gasteiger partial charge in [0.1, 0.15) is 23.8 Å². The van der Waals surface area contributed by atoms with Crippen LogP contribution in [-0.4, -0.2) is 61.4 Å². The molecule has 0 radical (unpaired) electrons. The van der Waals surface area contributed by atoms with Crippen molar-refractivity contribution in [2.24, 2.45) is 5.73 Å². The van der Waals surface area contributed by atoms with Crippen LogP contribution in [0.5, 0.6) is 0 Å². The Morgan fingerprint density at radius 1 is 1.13 bits per heavy atom. The van der Waals surface area contributed by atoms with Crippen LogP contribution in [0, 0.1) is 0 Å². The highest BCUT2D eigenvalue weighted by Gasteiger charge is 2.35. The van der Waals surface area contributed by atoms with Crippen molar-refractivity contribution < 1.29 is 32.4 Å². The molecule has 0 spiro atoms. The van der Waals surface area contributed by atoms with Crippen molar-refractivity contribution in [2.75, 3.05) is 13.6 Å². The third-order valence-electron chi connectivity index (χ3n) is 6.03. The summed E-state index contributed by atoms with van der Waals surface area (Å²) in [6.45, 7) is 2.58. The molecule has 1 fully saturated rings. The number of carbonyl (C=O) groups is 2. The molecule has 1 aromatic carbocycles. The van der Waals surface area contributed by atoms with Crippen LogP contribution in [-0.2, 0) is 17.5 Å². The Balaban J connectivity index is 0.000000379. The molecular formula is C26H25F3N6O4. The summed E-state index contributed by atoms with van der Waals surface area (Å²) in [5.74, 6) is -0.945. The second kappa shape index (κ2) is 11.1. The van der Waals surface area contributed by atoms with Gasteiger partial charge in [0.15, 0.2) is 5.69 Å². The molecule has 3 aromatic heterocycles. The van der Waals surface area contributed by atoms with Crippen LogP contribution in [0.1, 0.15) is 29.5 Å². The standard InChI is InChI=1S/C21H16F3N5O2.C5H9NO2/c1-2-29-18(11-19(27-29)21(22,23)24)14-9-16(26-17(10-14)20(25)30)13-5-3-4-12(8-13)15-6-7-31-28-15;1-6-3-2-4(7)5(6)8/h3-11H,2H2,1H3,(H2,25,30);4,7H,2-3H2,1H3. The second-order valence-electron chi connectivity index (χ2n) is 8.75. The number of halogens is 3. The van der Waals surface area contributed by atoms with Crippen LogP contribution >= 0.6 is 0 Å². The number of amides is 2. The first-order chi connectivity index (χ1) is 18.5. The number of likely N-dealkylation sites (N-methyl/N-ethyl adjacent to an activating group) is 1. The van der Waals surface area contributed by atoms with Gasteiger partial charge in [-0.1, -0.05) is 23.4 Å². The minimum absolute atomic E-state index is 0.0725. The van der Waals surface area contributed by atoms with E-state index in [1.807, 2.05) is 6.07 Å². The number of aliphatic hydroxyl groups excluding tert-OH is 1. The molecule has 3 N–H and O–H groups in total. The number of hydrogen-bond acceptors (Lipinski definition) is 7. The van der Waals surface area contributed by atoms with E-state index in [1.165, 1.54) is 21.9 Å². The molecule has 0 bridgehead atoms. The number of nitrogens with two attached hydrogens (primary N) is 1. The smallest absolute Gasteiger partial charge is 0.383 e. The van der Waals surface area contributed by atoms with E-state index < -0.39 is 23.9 Å². The van der Waals surface area contributed by atoms with E-state index in [0.717, 1.165) is 11.6 Å².